The van der Waals surface area contributed by atoms with Crippen LogP contribution in [0.5, 0.6) is 0 Å². The molecular weight excluding hydrogens is 238 g/mol. The van der Waals surface area contributed by atoms with Crippen LogP contribution >= 0.6 is 12.2 Å². The SMILES string of the molecule is CCC(CC)(C(=O)N(C)CC(=O)NC)C(N)=S. The van der Waals surface area contributed by atoms with E-state index in [9.17, 15) is 9.59 Å². The molecule has 0 aliphatic carbocycles. The van der Waals surface area contributed by atoms with Crippen LogP contribution in [0.1, 0.15) is 26.7 Å². The Kier molecular flexibility index (Phi) is 6.09. The maximum Gasteiger partial charge on any atom is 0.239 e. The molecular formula is C11H21N3O2S. The Morgan fingerprint density at radius 3 is 2.12 bits per heavy atom. The number of likely N-dealkylation sites (N-methyl/N-ethyl adjacent to an activating group) is 2. The molecule has 0 aliphatic heterocycles. The van der Waals surface area contributed by atoms with Gasteiger partial charge in [0, 0.05) is 14.1 Å². The summed E-state index contributed by atoms with van der Waals surface area (Å²) in [6.07, 6.45) is 1.07. The number of hydrogen-bond donors (Lipinski definition) is 2. The van der Waals surface area contributed by atoms with Crippen molar-refractivity contribution in [2.75, 3.05) is 20.6 Å². The number of carbonyl (C=O) groups is 2. The summed E-state index contributed by atoms with van der Waals surface area (Å²) in [6.45, 7) is 3.75. The molecule has 0 saturated carbocycles. The molecule has 0 radical (unpaired) electrons. The maximum atomic E-state index is 12.3. The minimum Gasteiger partial charge on any atom is -0.392 e. The summed E-state index contributed by atoms with van der Waals surface area (Å²) in [6, 6.07) is 0. The zero-order valence-electron chi connectivity index (χ0n) is 10.9. The standard InChI is InChI=1S/C11H21N3O2S/c1-5-11(6-2,9(12)17)10(16)14(4)7-8(15)13-3/h5-7H2,1-4H3,(H2,12,17)(H,13,15). The van der Waals surface area contributed by atoms with E-state index < -0.39 is 5.41 Å². The van der Waals surface area contributed by atoms with E-state index in [2.05, 4.69) is 5.32 Å². The molecule has 0 atom stereocenters. The van der Waals surface area contributed by atoms with Crippen molar-refractivity contribution in [3.05, 3.63) is 0 Å². The monoisotopic (exact) mass is 259 g/mol. The van der Waals surface area contributed by atoms with Crippen LogP contribution in [0.15, 0.2) is 0 Å². The van der Waals surface area contributed by atoms with Gasteiger partial charge >= 0.3 is 0 Å². The third kappa shape index (κ3) is 3.39. The van der Waals surface area contributed by atoms with Crippen LogP contribution in [0.4, 0.5) is 0 Å². The van der Waals surface area contributed by atoms with Gasteiger partial charge in [-0.25, -0.2) is 0 Å². The molecule has 0 bridgehead atoms. The normalized spacial score (nSPS) is 10.8. The van der Waals surface area contributed by atoms with Crippen molar-refractivity contribution in [2.24, 2.45) is 11.1 Å². The fraction of sp³-hybridized carbons (Fsp3) is 0.727. The van der Waals surface area contributed by atoms with Crippen LogP contribution in [0.2, 0.25) is 0 Å². The number of hydrogen-bond acceptors (Lipinski definition) is 3. The van der Waals surface area contributed by atoms with Crippen LogP contribution in [0, 0.1) is 5.41 Å². The zero-order valence-corrected chi connectivity index (χ0v) is 11.7. The molecule has 0 aromatic heterocycles. The predicted octanol–water partition coefficient (Wildman–Crippen LogP) is 0.283. The quantitative estimate of drug-likeness (QED) is 0.672. The van der Waals surface area contributed by atoms with Crippen LogP contribution in [-0.2, 0) is 9.59 Å². The van der Waals surface area contributed by atoms with Crippen molar-refractivity contribution in [3.8, 4) is 0 Å². The Morgan fingerprint density at radius 2 is 1.82 bits per heavy atom. The molecule has 2 amide bonds. The summed E-state index contributed by atoms with van der Waals surface area (Å²) >= 11 is 4.99. The lowest BCUT2D eigenvalue weighted by atomic mass is 9.81. The van der Waals surface area contributed by atoms with Gasteiger partial charge in [0.2, 0.25) is 11.8 Å². The minimum absolute atomic E-state index is 0.0136. The second kappa shape index (κ2) is 6.54. The first-order valence-corrected chi connectivity index (χ1v) is 6.02. The number of nitrogens with two attached hydrogens (primary N) is 1. The van der Waals surface area contributed by atoms with Crippen LogP contribution in [-0.4, -0.2) is 42.3 Å². The van der Waals surface area contributed by atoms with Gasteiger partial charge in [0.1, 0.15) is 0 Å². The third-order valence-electron chi connectivity index (χ3n) is 3.09. The van der Waals surface area contributed by atoms with Gasteiger partial charge < -0.3 is 16.0 Å². The van der Waals surface area contributed by atoms with E-state index in [0.717, 1.165) is 0 Å². The second-order valence-corrected chi connectivity index (χ2v) is 4.43. The van der Waals surface area contributed by atoms with Crippen molar-refractivity contribution >= 4 is 29.0 Å². The number of nitrogens with one attached hydrogen (secondary N) is 1. The lowest BCUT2D eigenvalue weighted by Crippen LogP contribution is -2.50. The molecule has 0 aliphatic rings. The van der Waals surface area contributed by atoms with Crippen molar-refractivity contribution in [2.45, 2.75) is 26.7 Å². The highest BCUT2D eigenvalue weighted by molar-refractivity contribution is 7.80. The van der Waals surface area contributed by atoms with Gasteiger partial charge in [-0.2, -0.15) is 0 Å². The highest BCUT2D eigenvalue weighted by Gasteiger charge is 2.40. The number of thiocarbonyl (C=S) groups is 1. The Morgan fingerprint density at radius 1 is 1.35 bits per heavy atom. The fourth-order valence-corrected chi connectivity index (χ4v) is 2.11. The first kappa shape index (κ1) is 15.8. The van der Waals surface area contributed by atoms with Crippen molar-refractivity contribution in [1.29, 1.82) is 0 Å². The van der Waals surface area contributed by atoms with Gasteiger partial charge in [0.25, 0.3) is 0 Å². The Hall–Kier alpha value is -1.17. The van der Waals surface area contributed by atoms with Crippen molar-refractivity contribution < 1.29 is 9.59 Å². The predicted molar refractivity (Wildman–Crippen MR) is 71.5 cm³/mol. The summed E-state index contributed by atoms with van der Waals surface area (Å²) in [5, 5.41) is 2.47. The van der Waals surface area contributed by atoms with Crippen LogP contribution in [0.3, 0.4) is 0 Å². The Labute approximate surface area is 108 Å². The molecule has 6 heteroatoms. The third-order valence-corrected chi connectivity index (χ3v) is 3.49. The lowest BCUT2D eigenvalue weighted by molar-refractivity contribution is -0.140. The van der Waals surface area contributed by atoms with E-state index in [0.29, 0.717) is 12.8 Å². The summed E-state index contributed by atoms with van der Waals surface area (Å²) < 4.78 is 0. The summed E-state index contributed by atoms with van der Waals surface area (Å²) in [5.41, 5.74) is 4.84. The first-order chi connectivity index (χ1) is 7.85. The molecule has 5 nitrogen and oxygen atoms in total. The molecule has 0 fully saturated rings. The highest BCUT2D eigenvalue weighted by Crippen LogP contribution is 2.29. The smallest absolute Gasteiger partial charge is 0.239 e. The largest absolute Gasteiger partial charge is 0.392 e. The zero-order chi connectivity index (χ0) is 13.6. The first-order valence-electron chi connectivity index (χ1n) is 5.61. The second-order valence-electron chi connectivity index (χ2n) is 3.99. The van der Waals surface area contributed by atoms with E-state index in [4.69, 9.17) is 18.0 Å². The molecule has 0 unspecified atom stereocenters. The minimum atomic E-state index is -0.835. The van der Waals surface area contributed by atoms with Crippen LogP contribution < -0.4 is 11.1 Å². The summed E-state index contributed by atoms with van der Waals surface area (Å²) in [5.74, 6) is -0.413. The average molecular weight is 259 g/mol. The maximum absolute atomic E-state index is 12.3. The van der Waals surface area contributed by atoms with Gasteiger partial charge in [-0.3, -0.25) is 9.59 Å². The topological polar surface area (TPSA) is 75.4 Å². The molecule has 0 rings (SSSR count). The number of amides is 2. The van der Waals surface area contributed by atoms with Gasteiger partial charge in [0.05, 0.1) is 16.9 Å². The number of rotatable bonds is 6. The summed E-state index contributed by atoms with van der Waals surface area (Å²) in [4.78, 5) is 25.1. The van der Waals surface area contributed by atoms with E-state index in [1.54, 1.807) is 7.05 Å². The lowest BCUT2D eigenvalue weighted by Gasteiger charge is -2.33. The van der Waals surface area contributed by atoms with E-state index in [1.165, 1.54) is 11.9 Å². The molecule has 0 saturated heterocycles. The van der Waals surface area contributed by atoms with E-state index >= 15 is 0 Å². The van der Waals surface area contributed by atoms with Crippen molar-refractivity contribution in [1.82, 2.24) is 10.2 Å². The molecule has 0 spiro atoms. The molecule has 0 aromatic rings. The van der Waals surface area contributed by atoms with E-state index in [-0.39, 0.29) is 23.3 Å². The molecule has 0 heterocycles. The van der Waals surface area contributed by atoms with E-state index in [1.807, 2.05) is 13.8 Å². The molecule has 17 heavy (non-hydrogen) atoms. The molecule has 98 valence electrons. The van der Waals surface area contributed by atoms with Crippen LogP contribution in [0.25, 0.3) is 0 Å². The number of nitrogens with zero attached hydrogens (tertiary/aromatic N) is 1. The van der Waals surface area contributed by atoms with Gasteiger partial charge in [-0.1, -0.05) is 26.1 Å². The molecule has 0 aromatic carbocycles. The van der Waals surface area contributed by atoms with Gasteiger partial charge in [0.15, 0.2) is 0 Å². The number of carbonyl (C=O) groups excluding carboxylic acids is 2. The Balaban J connectivity index is 4.97. The Bertz CT molecular complexity index is 314. The molecule has 3 N–H and O–H groups in total. The highest BCUT2D eigenvalue weighted by atomic mass is 32.1. The van der Waals surface area contributed by atoms with Gasteiger partial charge in [-0.15, -0.1) is 0 Å². The van der Waals surface area contributed by atoms with Gasteiger partial charge in [-0.05, 0) is 12.8 Å². The fourth-order valence-electron chi connectivity index (χ4n) is 1.74. The summed E-state index contributed by atoms with van der Waals surface area (Å²) in [7, 11) is 3.11. The van der Waals surface area contributed by atoms with Crippen molar-refractivity contribution in [3.63, 3.8) is 0 Å². The average Bonchev–Trinajstić information content (AvgIpc) is 2.30.